The van der Waals surface area contributed by atoms with E-state index < -0.39 is 18.7 Å². The third-order valence-electron chi connectivity index (χ3n) is 6.77. The second-order valence-electron chi connectivity index (χ2n) is 9.62. The molecule has 0 saturated carbocycles. The van der Waals surface area contributed by atoms with Crippen LogP contribution in [0.15, 0.2) is 36.7 Å². The van der Waals surface area contributed by atoms with Crippen LogP contribution in [0.4, 0.5) is 19.0 Å². The summed E-state index contributed by atoms with van der Waals surface area (Å²) >= 11 is 1.05. The lowest BCUT2D eigenvalue weighted by Gasteiger charge is -2.32. The normalized spacial score (nSPS) is 16.2. The number of aliphatic hydroxyl groups excluding tert-OH is 2. The molecule has 4 heterocycles. The maximum absolute atomic E-state index is 12.8. The highest BCUT2D eigenvalue weighted by atomic mass is 32.1. The topological polar surface area (TPSA) is 110 Å². The number of thiophene rings is 1. The molecule has 1 saturated heterocycles. The molecule has 1 aliphatic rings. The third-order valence-corrected chi connectivity index (χ3v) is 7.82. The Morgan fingerprint density at radius 2 is 1.97 bits per heavy atom. The molecule has 1 unspecified atom stereocenters. The van der Waals surface area contributed by atoms with E-state index in [0.29, 0.717) is 21.7 Å². The van der Waals surface area contributed by atoms with E-state index in [0.717, 1.165) is 60.3 Å². The SMILES string of the molecule is N#Cc1cc2cc(CN3CCC(Nc4ncnc5sc(CC(F)(F)F)cc45)CC3)ccc2n1CC(O)CO. The van der Waals surface area contributed by atoms with Crippen LogP contribution in [0.25, 0.3) is 21.1 Å². The maximum Gasteiger partial charge on any atom is 0.393 e. The first-order valence-electron chi connectivity index (χ1n) is 12.3. The van der Waals surface area contributed by atoms with Crippen molar-refractivity contribution in [1.82, 2.24) is 19.4 Å². The number of aromatic nitrogens is 3. The standard InChI is InChI=1S/C26H27F3N6O2S/c27-26(28,29)10-21-9-22-24(31-15-32-25(22)38-21)33-18-3-5-34(6-4-18)12-16-1-2-23-17(7-16)8-19(11-30)35(23)13-20(37)14-36/h1-2,7-9,15,18,20,36-37H,3-6,10,12-14H2,(H,31,32,33). The van der Waals surface area contributed by atoms with Crippen molar-refractivity contribution < 1.29 is 23.4 Å². The van der Waals surface area contributed by atoms with Gasteiger partial charge < -0.3 is 20.1 Å². The number of nitrogens with one attached hydrogen (secondary N) is 1. The summed E-state index contributed by atoms with van der Waals surface area (Å²) in [5.74, 6) is 0.577. The molecule has 4 aromatic rings. The highest BCUT2D eigenvalue weighted by molar-refractivity contribution is 7.18. The van der Waals surface area contributed by atoms with Crippen molar-refractivity contribution in [2.75, 3.05) is 25.0 Å². The average molecular weight is 545 g/mol. The molecular weight excluding hydrogens is 517 g/mol. The summed E-state index contributed by atoms with van der Waals surface area (Å²) in [6.07, 6.45) is -3.05. The van der Waals surface area contributed by atoms with Gasteiger partial charge in [-0.1, -0.05) is 6.07 Å². The van der Waals surface area contributed by atoms with Crippen LogP contribution in [-0.2, 0) is 19.5 Å². The van der Waals surface area contributed by atoms with E-state index >= 15 is 0 Å². The number of rotatable bonds is 8. The number of hydrogen-bond donors (Lipinski definition) is 3. The van der Waals surface area contributed by atoms with Gasteiger partial charge in [-0.05, 0) is 42.7 Å². The predicted octanol–water partition coefficient (Wildman–Crippen LogP) is 4.05. The van der Waals surface area contributed by atoms with Crippen molar-refractivity contribution in [2.24, 2.45) is 0 Å². The van der Waals surface area contributed by atoms with Crippen LogP contribution in [-0.4, -0.2) is 67.7 Å². The largest absolute Gasteiger partial charge is 0.394 e. The smallest absolute Gasteiger partial charge is 0.393 e. The summed E-state index contributed by atoms with van der Waals surface area (Å²) in [6, 6.07) is 11.7. The molecule has 38 heavy (non-hydrogen) atoms. The van der Waals surface area contributed by atoms with Crippen LogP contribution in [0.5, 0.6) is 0 Å². The van der Waals surface area contributed by atoms with Crippen molar-refractivity contribution in [1.29, 1.82) is 5.26 Å². The molecular formula is C26H27F3N6O2S. The molecule has 1 fully saturated rings. The van der Waals surface area contributed by atoms with E-state index in [1.165, 1.54) is 12.4 Å². The molecule has 3 N–H and O–H groups in total. The summed E-state index contributed by atoms with van der Waals surface area (Å²) < 4.78 is 40.2. The van der Waals surface area contributed by atoms with Crippen molar-refractivity contribution in [2.45, 2.75) is 50.7 Å². The monoisotopic (exact) mass is 544 g/mol. The average Bonchev–Trinajstić information content (AvgIpc) is 3.44. The van der Waals surface area contributed by atoms with E-state index in [-0.39, 0.29) is 24.1 Å². The fourth-order valence-corrected chi connectivity index (χ4v) is 6.00. The number of anilines is 1. The Morgan fingerprint density at radius 3 is 2.68 bits per heavy atom. The van der Waals surface area contributed by atoms with E-state index in [1.807, 2.05) is 12.1 Å². The number of benzene rings is 1. The van der Waals surface area contributed by atoms with Crippen LogP contribution < -0.4 is 5.32 Å². The van der Waals surface area contributed by atoms with Gasteiger partial charge in [0.25, 0.3) is 0 Å². The van der Waals surface area contributed by atoms with Gasteiger partial charge in [0.05, 0.1) is 31.1 Å². The zero-order valence-electron chi connectivity index (χ0n) is 20.4. The van der Waals surface area contributed by atoms with Crippen molar-refractivity contribution >= 4 is 38.3 Å². The highest BCUT2D eigenvalue weighted by Gasteiger charge is 2.29. The minimum Gasteiger partial charge on any atom is -0.394 e. The Balaban J connectivity index is 1.21. The minimum atomic E-state index is -4.26. The lowest BCUT2D eigenvalue weighted by molar-refractivity contribution is -0.126. The van der Waals surface area contributed by atoms with E-state index in [4.69, 9.17) is 0 Å². The van der Waals surface area contributed by atoms with Gasteiger partial charge in [-0.2, -0.15) is 18.4 Å². The molecule has 1 atom stereocenters. The number of nitriles is 1. The highest BCUT2D eigenvalue weighted by Crippen LogP contribution is 2.33. The number of likely N-dealkylation sites (tertiary alicyclic amines) is 1. The van der Waals surface area contributed by atoms with E-state index in [1.54, 1.807) is 10.6 Å². The summed E-state index contributed by atoms with van der Waals surface area (Å²) in [6.45, 7) is 2.22. The summed E-state index contributed by atoms with van der Waals surface area (Å²) in [7, 11) is 0. The zero-order chi connectivity index (χ0) is 26.9. The quantitative estimate of drug-likeness (QED) is 0.307. The summed E-state index contributed by atoms with van der Waals surface area (Å²) in [5.41, 5.74) is 2.39. The summed E-state index contributed by atoms with van der Waals surface area (Å²) in [5, 5.41) is 33.5. The lowest BCUT2D eigenvalue weighted by atomic mass is 10.0. The second-order valence-corrected chi connectivity index (χ2v) is 10.7. The fraction of sp³-hybridized carbons (Fsp3) is 0.423. The Bertz CT molecular complexity index is 1470. The third kappa shape index (κ3) is 5.91. The number of halogens is 3. The molecule has 1 aromatic carbocycles. The van der Waals surface area contributed by atoms with Gasteiger partial charge >= 0.3 is 6.18 Å². The predicted molar refractivity (Wildman–Crippen MR) is 139 cm³/mol. The molecule has 0 aliphatic carbocycles. The molecule has 0 radical (unpaired) electrons. The lowest BCUT2D eigenvalue weighted by Crippen LogP contribution is -2.38. The van der Waals surface area contributed by atoms with Gasteiger partial charge in [0.1, 0.15) is 28.7 Å². The first-order valence-corrected chi connectivity index (χ1v) is 13.1. The molecule has 0 amide bonds. The minimum absolute atomic E-state index is 0.149. The molecule has 8 nitrogen and oxygen atoms in total. The van der Waals surface area contributed by atoms with Crippen LogP contribution in [0.2, 0.25) is 0 Å². The zero-order valence-corrected chi connectivity index (χ0v) is 21.3. The summed E-state index contributed by atoms with van der Waals surface area (Å²) in [4.78, 5) is 11.6. The number of nitrogens with zero attached hydrogens (tertiary/aromatic N) is 5. The van der Waals surface area contributed by atoms with Crippen LogP contribution in [0, 0.1) is 11.3 Å². The van der Waals surface area contributed by atoms with Crippen LogP contribution in [0.1, 0.15) is 29.0 Å². The van der Waals surface area contributed by atoms with E-state index in [9.17, 15) is 28.6 Å². The first-order chi connectivity index (χ1) is 18.2. The molecule has 5 rings (SSSR count). The molecule has 200 valence electrons. The van der Waals surface area contributed by atoms with Gasteiger partial charge in [0, 0.05) is 41.5 Å². The van der Waals surface area contributed by atoms with Gasteiger partial charge in [0.15, 0.2) is 0 Å². The Morgan fingerprint density at radius 1 is 1.18 bits per heavy atom. The molecule has 0 spiro atoms. The number of aliphatic hydroxyl groups is 2. The maximum atomic E-state index is 12.8. The first kappa shape index (κ1) is 26.4. The Labute approximate surface area is 221 Å². The Hall–Kier alpha value is -3.24. The Kier molecular flexibility index (Phi) is 7.54. The van der Waals surface area contributed by atoms with Crippen LogP contribution >= 0.6 is 11.3 Å². The molecule has 3 aromatic heterocycles. The van der Waals surface area contributed by atoms with Crippen molar-refractivity contribution in [3.05, 3.63) is 52.8 Å². The number of piperidine rings is 1. The van der Waals surface area contributed by atoms with Gasteiger partial charge in [0.2, 0.25) is 0 Å². The second kappa shape index (κ2) is 10.9. The fourth-order valence-electron chi connectivity index (χ4n) is 4.97. The molecule has 1 aliphatic heterocycles. The number of alkyl halides is 3. The van der Waals surface area contributed by atoms with Crippen molar-refractivity contribution in [3.8, 4) is 6.07 Å². The van der Waals surface area contributed by atoms with Gasteiger partial charge in [-0.25, -0.2) is 9.97 Å². The number of hydrogen-bond acceptors (Lipinski definition) is 8. The van der Waals surface area contributed by atoms with E-state index in [2.05, 4.69) is 32.3 Å². The molecule has 12 heteroatoms. The van der Waals surface area contributed by atoms with Crippen molar-refractivity contribution in [3.63, 3.8) is 0 Å². The van der Waals surface area contributed by atoms with Gasteiger partial charge in [-0.3, -0.25) is 4.90 Å². The van der Waals surface area contributed by atoms with Crippen LogP contribution in [0.3, 0.4) is 0 Å². The van der Waals surface area contributed by atoms with Gasteiger partial charge in [-0.15, -0.1) is 11.3 Å². The molecule has 0 bridgehead atoms. The number of fused-ring (bicyclic) bond motifs is 2.